The number of carbonyl (C=O) groups excluding carboxylic acids is 2. The summed E-state index contributed by atoms with van der Waals surface area (Å²) >= 11 is 0. The molecule has 2 amide bonds. The Kier molecular flexibility index (Phi) is 6.64. The van der Waals surface area contributed by atoms with Gasteiger partial charge in [0.25, 0.3) is 5.91 Å². The zero-order valence-corrected chi connectivity index (χ0v) is 15.4. The number of nitrogens with zero attached hydrogens (tertiary/aromatic N) is 3. The monoisotopic (exact) mass is 349 g/mol. The maximum atomic E-state index is 12.9. The van der Waals surface area contributed by atoms with Crippen LogP contribution < -0.4 is 9.47 Å². The van der Waals surface area contributed by atoms with Gasteiger partial charge in [-0.05, 0) is 26.2 Å². The third-order valence-electron chi connectivity index (χ3n) is 4.33. The van der Waals surface area contributed by atoms with E-state index in [1.165, 1.54) is 14.2 Å². The van der Waals surface area contributed by atoms with Gasteiger partial charge in [-0.15, -0.1) is 0 Å². The molecular formula is C18H27N3O4. The lowest BCUT2D eigenvalue weighted by molar-refractivity contribution is -0.132. The van der Waals surface area contributed by atoms with Gasteiger partial charge in [-0.25, -0.2) is 0 Å². The molecule has 1 aromatic rings. The fourth-order valence-corrected chi connectivity index (χ4v) is 2.86. The van der Waals surface area contributed by atoms with Crippen molar-refractivity contribution in [2.24, 2.45) is 0 Å². The second-order valence-corrected chi connectivity index (χ2v) is 6.26. The van der Waals surface area contributed by atoms with E-state index < -0.39 is 0 Å². The zero-order chi connectivity index (χ0) is 18.4. The van der Waals surface area contributed by atoms with Crippen LogP contribution in [0.4, 0.5) is 0 Å². The molecule has 1 aliphatic heterocycles. The summed E-state index contributed by atoms with van der Waals surface area (Å²) in [7, 11) is 6.97. The molecule has 1 heterocycles. The predicted molar refractivity (Wildman–Crippen MR) is 95.2 cm³/mol. The highest BCUT2D eigenvalue weighted by Gasteiger charge is 2.28. The molecule has 0 unspecified atom stereocenters. The second kappa shape index (κ2) is 8.71. The third kappa shape index (κ3) is 4.63. The lowest BCUT2D eigenvalue weighted by atomic mass is 10.1. The molecule has 0 bridgehead atoms. The Morgan fingerprint density at radius 3 is 2.00 bits per heavy atom. The maximum Gasteiger partial charge on any atom is 0.261 e. The van der Waals surface area contributed by atoms with E-state index in [0.717, 1.165) is 6.54 Å². The lowest BCUT2D eigenvalue weighted by Gasteiger charge is -2.35. The lowest BCUT2D eigenvalue weighted by Crippen LogP contribution is -2.51. The summed E-state index contributed by atoms with van der Waals surface area (Å²) in [5, 5.41) is 0. The van der Waals surface area contributed by atoms with Crippen LogP contribution in [0.2, 0.25) is 0 Å². The minimum atomic E-state index is -0.130. The van der Waals surface area contributed by atoms with Gasteiger partial charge in [0, 0.05) is 39.1 Å². The maximum absolute atomic E-state index is 12.9. The van der Waals surface area contributed by atoms with Gasteiger partial charge in [0.15, 0.2) is 0 Å². The van der Waals surface area contributed by atoms with E-state index in [2.05, 4.69) is 0 Å². The van der Waals surface area contributed by atoms with Crippen LogP contribution in [0.15, 0.2) is 18.2 Å². The van der Waals surface area contributed by atoms with Crippen LogP contribution in [0.1, 0.15) is 16.8 Å². The zero-order valence-electron chi connectivity index (χ0n) is 15.4. The molecule has 1 fully saturated rings. The predicted octanol–water partition coefficient (Wildman–Crippen LogP) is 0.940. The first-order chi connectivity index (χ1) is 12.0. The first kappa shape index (κ1) is 19.1. The highest BCUT2D eigenvalue weighted by atomic mass is 16.5. The summed E-state index contributed by atoms with van der Waals surface area (Å²) < 4.78 is 10.6. The van der Waals surface area contributed by atoms with Gasteiger partial charge in [0.1, 0.15) is 17.1 Å². The van der Waals surface area contributed by atoms with Crippen LogP contribution in [0.25, 0.3) is 0 Å². The number of methoxy groups -OCH3 is 2. The van der Waals surface area contributed by atoms with Crippen LogP contribution in [-0.4, -0.2) is 87.6 Å². The number of carbonyl (C=O) groups is 2. The van der Waals surface area contributed by atoms with Crippen LogP contribution in [0, 0.1) is 0 Å². The number of piperazine rings is 1. The second-order valence-electron chi connectivity index (χ2n) is 6.26. The first-order valence-corrected chi connectivity index (χ1v) is 8.40. The summed E-state index contributed by atoms with van der Waals surface area (Å²) in [6.45, 7) is 2.85. The molecular weight excluding hydrogens is 322 g/mol. The Hall–Kier alpha value is -2.28. The van der Waals surface area contributed by atoms with E-state index in [1.807, 2.05) is 23.9 Å². The minimum absolute atomic E-state index is 0.130. The number of hydrogen-bond donors (Lipinski definition) is 0. The summed E-state index contributed by atoms with van der Waals surface area (Å²) in [5.74, 6) is 0.994. The molecule has 0 atom stereocenters. The van der Waals surface area contributed by atoms with Crippen molar-refractivity contribution in [3.63, 3.8) is 0 Å². The standard InChI is InChI=1S/C18H27N3O4/c1-19(2)9-8-16(22)20-10-12-21(13-11-20)18(23)17-14(24-3)6-5-7-15(17)25-4/h5-7H,8-13H2,1-4H3. The highest BCUT2D eigenvalue weighted by molar-refractivity contribution is 5.99. The van der Waals surface area contributed by atoms with Gasteiger partial charge in [0.05, 0.1) is 14.2 Å². The Morgan fingerprint density at radius 2 is 1.52 bits per heavy atom. The van der Waals surface area contributed by atoms with Gasteiger partial charge >= 0.3 is 0 Å². The molecule has 0 radical (unpaired) electrons. The Labute approximate surface area is 149 Å². The molecule has 0 aliphatic carbocycles. The fourth-order valence-electron chi connectivity index (χ4n) is 2.86. The Balaban J connectivity index is 2.01. The topological polar surface area (TPSA) is 62.3 Å². The SMILES string of the molecule is COc1cccc(OC)c1C(=O)N1CCN(C(=O)CCN(C)C)CC1. The van der Waals surface area contributed by atoms with E-state index in [-0.39, 0.29) is 11.8 Å². The Bertz CT molecular complexity index is 588. The van der Waals surface area contributed by atoms with Crippen molar-refractivity contribution in [3.05, 3.63) is 23.8 Å². The van der Waals surface area contributed by atoms with Crippen molar-refractivity contribution in [2.75, 3.05) is 61.0 Å². The summed E-state index contributed by atoms with van der Waals surface area (Å²) in [6.07, 6.45) is 0.501. The van der Waals surface area contributed by atoms with E-state index in [9.17, 15) is 9.59 Å². The molecule has 7 nitrogen and oxygen atoms in total. The fraction of sp³-hybridized carbons (Fsp3) is 0.556. The largest absolute Gasteiger partial charge is 0.496 e. The van der Waals surface area contributed by atoms with E-state index in [4.69, 9.17) is 9.47 Å². The van der Waals surface area contributed by atoms with Crippen molar-refractivity contribution >= 4 is 11.8 Å². The molecule has 0 saturated carbocycles. The van der Waals surface area contributed by atoms with Crippen LogP contribution in [0.3, 0.4) is 0 Å². The van der Waals surface area contributed by atoms with Crippen LogP contribution in [-0.2, 0) is 4.79 Å². The first-order valence-electron chi connectivity index (χ1n) is 8.40. The average Bonchev–Trinajstić information content (AvgIpc) is 2.64. The molecule has 0 spiro atoms. The highest BCUT2D eigenvalue weighted by Crippen LogP contribution is 2.29. The van der Waals surface area contributed by atoms with Gasteiger partial charge in [-0.3, -0.25) is 9.59 Å². The van der Waals surface area contributed by atoms with Crippen molar-refractivity contribution < 1.29 is 19.1 Å². The third-order valence-corrected chi connectivity index (χ3v) is 4.33. The van der Waals surface area contributed by atoms with E-state index >= 15 is 0 Å². The molecule has 1 aromatic carbocycles. The quantitative estimate of drug-likeness (QED) is 0.765. The van der Waals surface area contributed by atoms with Crippen LogP contribution in [0.5, 0.6) is 11.5 Å². The van der Waals surface area contributed by atoms with Crippen molar-refractivity contribution in [2.45, 2.75) is 6.42 Å². The van der Waals surface area contributed by atoms with Crippen LogP contribution >= 0.6 is 0 Å². The molecule has 0 N–H and O–H groups in total. The number of amides is 2. The van der Waals surface area contributed by atoms with E-state index in [0.29, 0.717) is 49.7 Å². The normalized spacial score (nSPS) is 14.6. The number of ether oxygens (including phenoxy) is 2. The molecule has 1 saturated heterocycles. The van der Waals surface area contributed by atoms with Crippen molar-refractivity contribution in [3.8, 4) is 11.5 Å². The smallest absolute Gasteiger partial charge is 0.261 e. The van der Waals surface area contributed by atoms with Crippen molar-refractivity contribution in [1.82, 2.24) is 14.7 Å². The molecule has 25 heavy (non-hydrogen) atoms. The molecule has 7 heteroatoms. The van der Waals surface area contributed by atoms with Gasteiger partial charge in [-0.1, -0.05) is 6.07 Å². The summed E-state index contributed by atoms with van der Waals surface area (Å²) in [6, 6.07) is 5.28. The molecule has 138 valence electrons. The minimum Gasteiger partial charge on any atom is -0.496 e. The average molecular weight is 349 g/mol. The number of hydrogen-bond acceptors (Lipinski definition) is 5. The number of benzene rings is 1. The van der Waals surface area contributed by atoms with Gasteiger partial charge in [-0.2, -0.15) is 0 Å². The number of rotatable bonds is 6. The Morgan fingerprint density at radius 1 is 1.00 bits per heavy atom. The molecule has 0 aromatic heterocycles. The molecule has 1 aliphatic rings. The van der Waals surface area contributed by atoms with Gasteiger partial charge < -0.3 is 24.2 Å². The van der Waals surface area contributed by atoms with Gasteiger partial charge in [0.2, 0.25) is 5.91 Å². The summed E-state index contributed by atoms with van der Waals surface area (Å²) in [5.41, 5.74) is 0.430. The van der Waals surface area contributed by atoms with E-state index in [1.54, 1.807) is 23.1 Å². The summed E-state index contributed by atoms with van der Waals surface area (Å²) in [4.78, 5) is 30.7. The van der Waals surface area contributed by atoms with Crippen molar-refractivity contribution in [1.29, 1.82) is 0 Å². The molecule has 2 rings (SSSR count).